The van der Waals surface area contributed by atoms with Crippen molar-refractivity contribution in [3.05, 3.63) is 71.8 Å². The number of nitrogens with one attached hydrogen (secondary N) is 2. The molecule has 0 bridgehead atoms. The highest BCUT2D eigenvalue weighted by Gasteiger charge is 2.45. The Morgan fingerprint density at radius 1 is 0.938 bits per heavy atom. The molecule has 1 heterocycles. The topological polar surface area (TPSA) is 203 Å². The molecule has 0 saturated carbocycles. The van der Waals surface area contributed by atoms with Crippen molar-refractivity contribution in [2.75, 3.05) is 39.8 Å². The van der Waals surface area contributed by atoms with E-state index in [1.165, 1.54) is 16.9 Å². The Morgan fingerprint density at radius 3 is 2.15 bits per heavy atom. The van der Waals surface area contributed by atoms with E-state index in [0.717, 1.165) is 11.1 Å². The van der Waals surface area contributed by atoms with Gasteiger partial charge in [0.2, 0.25) is 23.6 Å². The zero-order valence-corrected chi connectivity index (χ0v) is 28.1. The number of ether oxygens (including phenoxy) is 1. The number of esters is 1. The molecule has 1 saturated heterocycles. The monoisotopic (exact) mass is 665 g/mol. The van der Waals surface area contributed by atoms with E-state index in [1.807, 2.05) is 67.6 Å². The predicted octanol–water partition coefficient (Wildman–Crippen LogP) is 0.239. The molecule has 2 aromatic carbocycles. The van der Waals surface area contributed by atoms with Gasteiger partial charge < -0.3 is 42.4 Å². The first kappa shape index (κ1) is 38.1. The van der Waals surface area contributed by atoms with Crippen molar-refractivity contribution in [2.45, 2.75) is 75.5 Å². The highest BCUT2D eigenvalue weighted by atomic mass is 16.5. The molecule has 4 atom stereocenters. The van der Waals surface area contributed by atoms with Crippen LogP contribution in [0.3, 0.4) is 0 Å². The van der Waals surface area contributed by atoms with Crippen LogP contribution in [0.2, 0.25) is 0 Å². The van der Waals surface area contributed by atoms with E-state index in [2.05, 4.69) is 10.6 Å². The summed E-state index contributed by atoms with van der Waals surface area (Å²) < 4.78 is 4.82. The first-order valence-corrected chi connectivity index (χ1v) is 16.6. The molecular weight excluding hydrogens is 614 g/mol. The molecule has 2 aromatic rings. The van der Waals surface area contributed by atoms with Crippen LogP contribution in [0.1, 0.15) is 50.2 Å². The average molecular weight is 666 g/mol. The predicted molar refractivity (Wildman–Crippen MR) is 182 cm³/mol. The number of rotatable bonds is 18. The number of nitrogens with zero attached hydrogens (tertiary/aromatic N) is 2. The van der Waals surface area contributed by atoms with E-state index in [0.29, 0.717) is 38.6 Å². The van der Waals surface area contributed by atoms with Crippen LogP contribution in [0.25, 0.3) is 0 Å². The lowest BCUT2D eigenvalue weighted by Gasteiger charge is -2.30. The van der Waals surface area contributed by atoms with Gasteiger partial charge in [-0.3, -0.25) is 19.2 Å². The van der Waals surface area contributed by atoms with Crippen molar-refractivity contribution >= 4 is 29.6 Å². The van der Waals surface area contributed by atoms with Gasteiger partial charge in [0.05, 0.1) is 19.7 Å². The molecule has 1 fully saturated rings. The van der Waals surface area contributed by atoms with Crippen molar-refractivity contribution in [2.24, 2.45) is 17.2 Å². The van der Waals surface area contributed by atoms with Crippen LogP contribution < -0.4 is 27.8 Å². The van der Waals surface area contributed by atoms with Gasteiger partial charge in [-0.05, 0) is 56.2 Å². The molecule has 8 N–H and O–H groups in total. The Kier molecular flexibility index (Phi) is 15.0. The third-order valence-electron chi connectivity index (χ3n) is 8.46. The second kappa shape index (κ2) is 18.9. The molecule has 0 radical (unpaired) electrons. The lowest BCUT2D eigenvalue weighted by atomic mass is 10.0. The van der Waals surface area contributed by atoms with Crippen LogP contribution in [0, 0.1) is 0 Å². The fraction of sp³-hybridized carbons (Fsp3) is 0.514. The van der Waals surface area contributed by atoms with Gasteiger partial charge >= 0.3 is 5.97 Å². The summed E-state index contributed by atoms with van der Waals surface area (Å²) in [4.78, 5) is 69.4. The molecule has 1 aliphatic rings. The summed E-state index contributed by atoms with van der Waals surface area (Å²) in [5, 5.41) is 5.65. The molecule has 0 spiro atoms. The Balaban J connectivity index is 1.75. The van der Waals surface area contributed by atoms with Gasteiger partial charge in [0.15, 0.2) is 0 Å². The number of carbonyl (C=O) groups is 5. The molecule has 0 aromatic heterocycles. The molecule has 1 unspecified atom stereocenters. The first-order valence-electron chi connectivity index (χ1n) is 16.6. The number of hydrogen-bond acceptors (Lipinski definition) is 9. The third kappa shape index (κ3) is 11.1. The molecule has 13 nitrogen and oxygen atoms in total. The van der Waals surface area contributed by atoms with Crippen molar-refractivity contribution in [1.29, 1.82) is 0 Å². The van der Waals surface area contributed by atoms with Gasteiger partial charge in [0.25, 0.3) is 0 Å². The number of carbonyl (C=O) groups excluding carboxylic acids is 5. The number of hydrogen-bond donors (Lipinski definition) is 5. The Hall–Kier alpha value is -4.33. The third-order valence-corrected chi connectivity index (χ3v) is 8.46. The Bertz CT molecular complexity index is 1360. The maximum Gasteiger partial charge on any atom is 0.327 e. The van der Waals surface area contributed by atoms with Gasteiger partial charge in [-0.25, -0.2) is 4.79 Å². The molecule has 13 heteroatoms. The van der Waals surface area contributed by atoms with Gasteiger partial charge in [0.1, 0.15) is 17.6 Å². The van der Waals surface area contributed by atoms with Crippen LogP contribution in [0.5, 0.6) is 0 Å². The van der Waals surface area contributed by atoms with Gasteiger partial charge in [-0.15, -0.1) is 0 Å². The zero-order chi connectivity index (χ0) is 35.1. The summed E-state index contributed by atoms with van der Waals surface area (Å²) in [7, 11) is 1.25. The molecular formula is C35H51N7O6. The largest absolute Gasteiger partial charge is 0.468 e. The normalized spacial score (nSPS) is 17.6. The van der Waals surface area contributed by atoms with Crippen molar-refractivity contribution in [1.82, 2.24) is 20.4 Å². The van der Waals surface area contributed by atoms with Crippen molar-refractivity contribution < 1.29 is 28.7 Å². The number of benzene rings is 2. The summed E-state index contributed by atoms with van der Waals surface area (Å²) in [5.41, 5.74) is 18.5. The van der Waals surface area contributed by atoms with Crippen LogP contribution in [-0.2, 0) is 41.6 Å². The molecule has 48 heavy (non-hydrogen) atoms. The fourth-order valence-corrected chi connectivity index (χ4v) is 5.82. The van der Waals surface area contributed by atoms with E-state index in [-0.39, 0.29) is 44.9 Å². The van der Waals surface area contributed by atoms with Gasteiger partial charge in [-0.2, -0.15) is 0 Å². The van der Waals surface area contributed by atoms with E-state index < -0.39 is 47.4 Å². The molecule has 4 amide bonds. The summed E-state index contributed by atoms with van der Waals surface area (Å²) in [6.07, 6.45) is 2.83. The van der Waals surface area contributed by atoms with E-state index >= 15 is 0 Å². The maximum absolute atomic E-state index is 14.0. The van der Waals surface area contributed by atoms with Crippen LogP contribution in [-0.4, -0.2) is 103 Å². The second-order valence-corrected chi connectivity index (χ2v) is 12.4. The van der Waals surface area contributed by atoms with Crippen LogP contribution >= 0.6 is 0 Å². The lowest BCUT2D eigenvalue weighted by molar-refractivity contribution is -0.147. The average Bonchev–Trinajstić information content (AvgIpc) is 3.50. The fourth-order valence-electron chi connectivity index (χ4n) is 5.82. The summed E-state index contributed by atoms with van der Waals surface area (Å²) >= 11 is 0. The highest BCUT2D eigenvalue weighted by molar-refractivity contribution is 5.94. The molecule has 3 rings (SSSR count). The van der Waals surface area contributed by atoms with Gasteiger partial charge in [0, 0.05) is 26.1 Å². The van der Waals surface area contributed by atoms with Crippen molar-refractivity contribution in [3.63, 3.8) is 0 Å². The molecule has 0 aliphatic carbocycles. The van der Waals surface area contributed by atoms with Crippen molar-refractivity contribution in [3.8, 4) is 0 Å². The Labute approximate surface area is 282 Å². The minimum atomic E-state index is -1.32. The number of methoxy groups -OCH3 is 1. The maximum atomic E-state index is 14.0. The second-order valence-electron chi connectivity index (χ2n) is 12.4. The van der Waals surface area contributed by atoms with Crippen LogP contribution in [0.15, 0.2) is 60.7 Å². The minimum absolute atomic E-state index is 0.0323. The number of likely N-dealkylation sites (tertiary alicyclic amines) is 1. The minimum Gasteiger partial charge on any atom is -0.468 e. The standard InChI is InChI=1S/C35H51N7O6/c1-3-19-41(23-30(43)39-28(16-10-11-18-36)32(45)42-20-17-35(38,24-42)34(47)48-2)33(46)29(22-26-14-8-5-9-15-26)40-31(44)27(37)21-25-12-6-4-7-13-25/h4-9,12-15,27-29H,3,10-11,16-24,36-38H2,1-2H3,(H,39,43)(H,40,44)/t27-,28-,29-,35?/m1/s1. The quantitative estimate of drug-likeness (QED) is 0.109. The molecule has 262 valence electrons. The van der Waals surface area contributed by atoms with E-state index in [1.54, 1.807) is 0 Å². The number of amides is 4. The zero-order valence-electron chi connectivity index (χ0n) is 28.1. The van der Waals surface area contributed by atoms with E-state index in [9.17, 15) is 24.0 Å². The molecule has 1 aliphatic heterocycles. The van der Waals surface area contributed by atoms with Gasteiger partial charge in [-0.1, -0.05) is 67.6 Å². The smallest absolute Gasteiger partial charge is 0.327 e. The van der Waals surface area contributed by atoms with Crippen LogP contribution in [0.4, 0.5) is 0 Å². The summed E-state index contributed by atoms with van der Waals surface area (Å²) in [5.74, 6) is -2.42. The lowest BCUT2D eigenvalue weighted by Crippen LogP contribution is -2.57. The summed E-state index contributed by atoms with van der Waals surface area (Å²) in [6, 6.07) is 15.9. The summed E-state index contributed by atoms with van der Waals surface area (Å²) in [6.45, 7) is 2.43. The SMILES string of the molecule is CCCN(CC(=O)N[C@H](CCCCN)C(=O)N1CCC(N)(C(=O)OC)C1)C(=O)[C@@H](Cc1ccccc1)NC(=O)[C@H](N)Cc1ccccc1. The number of nitrogens with two attached hydrogens (primary N) is 3. The first-order chi connectivity index (χ1) is 23.0. The van der Waals surface area contributed by atoms with E-state index in [4.69, 9.17) is 21.9 Å². The number of unbranched alkanes of at least 4 members (excludes halogenated alkanes) is 1. The highest BCUT2D eigenvalue weighted by Crippen LogP contribution is 2.22. The Morgan fingerprint density at radius 2 is 1.56 bits per heavy atom.